The summed E-state index contributed by atoms with van der Waals surface area (Å²) < 4.78 is 5.18. The maximum Gasteiger partial charge on any atom is 0.367 e. The van der Waals surface area contributed by atoms with E-state index in [2.05, 4.69) is 10.6 Å². The molecule has 3 N–H and O–H groups in total. The number of non-ortho nitro benzene ring substituents is 1. The zero-order valence-electron chi connectivity index (χ0n) is 15.4. The van der Waals surface area contributed by atoms with Gasteiger partial charge in [0.15, 0.2) is 0 Å². The Morgan fingerprint density at radius 2 is 2.07 bits per heavy atom. The number of thioether (sulfide) groups is 1. The molecule has 0 unspecified atom stereocenters. The normalized spacial score (nSPS) is 18.0. The molecule has 1 aromatic carbocycles. The smallest absolute Gasteiger partial charge is 0.367 e. The molecule has 0 spiro atoms. The quantitative estimate of drug-likeness (QED) is 0.328. The summed E-state index contributed by atoms with van der Waals surface area (Å²) in [6, 6.07) is 6.61. The number of hydrogen-bond acceptors (Lipinski definition) is 9. The van der Waals surface area contributed by atoms with Crippen molar-refractivity contribution in [1.29, 1.82) is 0 Å². The Balaban J connectivity index is 1.42. The standard InChI is InChI=1S/C18H17N3O7S2/c22-16(20-11-5-15(17(23)24)29-9-11)14-6-13(7-19-14)30-18(25)28-8-10-1-3-12(4-2-10)21(26)27/h1-5,9,13-14,19H,6-8H2,(H,20,22)(H,23,24)/t13-,14-/m0/s1. The van der Waals surface area contributed by atoms with E-state index in [0.717, 1.165) is 23.1 Å². The number of hydrogen-bond donors (Lipinski definition) is 3. The van der Waals surface area contributed by atoms with E-state index >= 15 is 0 Å². The molecule has 30 heavy (non-hydrogen) atoms. The number of benzene rings is 1. The fourth-order valence-corrected chi connectivity index (χ4v) is 4.31. The van der Waals surface area contributed by atoms with Gasteiger partial charge in [-0.3, -0.25) is 14.9 Å². The van der Waals surface area contributed by atoms with Crippen molar-refractivity contribution in [2.75, 3.05) is 11.9 Å². The van der Waals surface area contributed by atoms with E-state index in [0.29, 0.717) is 24.2 Å². The van der Waals surface area contributed by atoms with Gasteiger partial charge in [-0.15, -0.1) is 11.3 Å². The van der Waals surface area contributed by atoms with Gasteiger partial charge in [0, 0.05) is 29.3 Å². The van der Waals surface area contributed by atoms with Crippen molar-refractivity contribution in [1.82, 2.24) is 5.32 Å². The first kappa shape index (κ1) is 21.7. The van der Waals surface area contributed by atoms with Crippen LogP contribution in [0.3, 0.4) is 0 Å². The Morgan fingerprint density at radius 1 is 1.33 bits per heavy atom. The van der Waals surface area contributed by atoms with Crippen LogP contribution < -0.4 is 10.6 Å². The number of thiophene rings is 1. The highest BCUT2D eigenvalue weighted by atomic mass is 32.2. The summed E-state index contributed by atoms with van der Waals surface area (Å²) in [6.45, 7) is 0.442. The van der Waals surface area contributed by atoms with Crippen molar-refractivity contribution in [3.05, 3.63) is 56.3 Å². The molecule has 1 aliphatic rings. The van der Waals surface area contributed by atoms with E-state index in [1.165, 1.54) is 30.3 Å². The van der Waals surface area contributed by atoms with E-state index in [1.54, 1.807) is 5.38 Å². The highest BCUT2D eigenvalue weighted by Crippen LogP contribution is 2.25. The first-order chi connectivity index (χ1) is 14.3. The van der Waals surface area contributed by atoms with Crippen LogP contribution in [0.2, 0.25) is 0 Å². The predicted molar refractivity (Wildman–Crippen MR) is 111 cm³/mol. The molecule has 0 radical (unpaired) electrons. The lowest BCUT2D eigenvalue weighted by Crippen LogP contribution is -2.35. The molecular weight excluding hydrogens is 434 g/mol. The minimum absolute atomic E-state index is 0.00203. The van der Waals surface area contributed by atoms with Crippen molar-refractivity contribution in [2.24, 2.45) is 0 Å². The Hall–Kier alpha value is -2.96. The molecule has 12 heteroatoms. The highest BCUT2D eigenvalue weighted by Gasteiger charge is 2.32. The topological polar surface area (TPSA) is 148 Å². The Kier molecular flexibility index (Phi) is 7.03. The van der Waals surface area contributed by atoms with Crippen LogP contribution in [0.15, 0.2) is 35.7 Å². The highest BCUT2D eigenvalue weighted by molar-refractivity contribution is 8.13. The van der Waals surface area contributed by atoms with Crippen molar-refractivity contribution >= 4 is 51.7 Å². The van der Waals surface area contributed by atoms with Crippen LogP contribution in [0.25, 0.3) is 0 Å². The average molecular weight is 451 g/mol. The maximum absolute atomic E-state index is 12.3. The zero-order chi connectivity index (χ0) is 21.7. The third-order valence-electron chi connectivity index (χ3n) is 4.25. The number of nitrogens with zero attached hydrogens (tertiary/aromatic N) is 1. The van der Waals surface area contributed by atoms with Crippen LogP contribution >= 0.6 is 23.1 Å². The van der Waals surface area contributed by atoms with E-state index in [1.807, 2.05) is 0 Å². The second kappa shape index (κ2) is 9.69. The third-order valence-corrected chi connectivity index (χ3v) is 6.17. The Bertz CT molecular complexity index is 961. The first-order valence-electron chi connectivity index (χ1n) is 8.74. The second-order valence-corrected chi connectivity index (χ2v) is 8.54. The lowest BCUT2D eigenvalue weighted by Gasteiger charge is -2.10. The van der Waals surface area contributed by atoms with Gasteiger partial charge in [0.1, 0.15) is 11.5 Å². The molecule has 0 aliphatic carbocycles. The molecule has 1 amide bonds. The van der Waals surface area contributed by atoms with Crippen LogP contribution in [-0.4, -0.2) is 45.0 Å². The van der Waals surface area contributed by atoms with Gasteiger partial charge in [0.05, 0.1) is 16.7 Å². The predicted octanol–water partition coefficient (Wildman–Crippen LogP) is 3.09. The van der Waals surface area contributed by atoms with E-state index in [9.17, 15) is 24.5 Å². The summed E-state index contributed by atoms with van der Waals surface area (Å²) in [6.07, 6.45) is 0.416. The van der Waals surface area contributed by atoms with Gasteiger partial charge in [-0.05, 0) is 41.9 Å². The molecule has 2 heterocycles. The van der Waals surface area contributed by atoms with Gasteiger partial charge in [-0.2, -0.15) is 0 Å². The molecule has 1 saturated heterocycles. The number of carboxylic acids is 1. The number of carboxylic acid groups (broad SMARTS) is 1. The van der Waals surface area contributed by atoms with Gasteiger partial charge in [0.2, 0.25) is 5.91 Å². The van der Waals surface area contributed by atoms with Crippen molar-refractivity contribution < 1.29 is 29.2 Å². The Labute approximate surface area is 178 Å². The molecule has 3 rings (SSSR count). The Morgan fingerprint density at radius 3 is 2.70 bits per heavy atom. The molecule has 1 aromatic heterocycles. The summed E-state index contributed by atoms with van der Waals surface area (Å²) in [4.78, 5) is 45.5. The van der Waals surface area contributed by atoms with Crippen molar-refractivity contribution in [3.63, 3.8) is 0 Å². The number of nitrogens with one attached hydrogen (secondary N) is 2. The van der Waals surface area contributed by atoms with Gasteiger partial charge in [-0.1, -0.05) is 0 Å². The molecule has 2 aromatic rings. The number of aromatic carboxylic acids is 1. The number of amides is 1. The summed E-state index contributed by atoms with van der Waals surface area (Å²) in [5.41, 5.74) is 1.01. The minimum Gasteiger partial charge on any atom is -0.477 e. The van der Waals surface area contributed by atoms with Gasteiger partial charge in [-0.25, -0.2) is 9.59 Å². The molecular formula is C18H17N3O7S2. The zero-order valence-corrected chi connectivity index (χ0v) is 17.0. The molecule has 1 aliphatic heterocycles. The lowest BCUT2D eigenvalue weighted by molar-refractivity contribution is -0.384. The number of anilines is 1. The number of nitro benzene ring substituents is 1. The second-order valence-electron chi connectivity index (χ2n) is 6.39. The van der Waals surface area contributed by atoms with Crippen LogP contribution in [0.4, 0.5) is 16.2 Å². The fraction of sp³-hybridized carbons (Fsp3) is 0.278. The summed E-state index contributed by atoms with van der Waals surface area (Å²) in [7, 11) is 0. The summed E-state index contributed by atoms with van der Waals surface area (Å²) >= 11 is 2.01. The van der Waals surface area contributed by atoms with Crippen molar-refractivity contribution in [3.8, 4) is 0 Å². The number of rotatable bonds is 7. The fourth-order valence-electron chi connectivity index (χ4n) is 2.76. The van der Waals surface area contributed by atoms with Crippen LogP contribution in [0, 0.1) is 10.1 Å². The molecule has 158 valence electrons. The largest absolute Gasteiger partial charge is 0.477 e. The van der Waals surface area contributed by atoms with Gasteiger partial charge >= 0.3 is 11.3 Å². The third kappa shape index (κ3) is 5.78. The molecule has 10 nitrogen and oxygen atoms in total. The van der Waals surface area contributed by atoms with E-state index < -0.39 is 22.2 Å². The first-order valence-corrected chi connectivity index (χ1v) is 10.5. The van der Waals surface area contributed by atoms with Crippen LogP contribution in [0.5, 0.6) is 0 Å². The van der Waals surface area contributed by atoms with Crippen molar-refractivity contribution in [2.45, 2.75) is 24.3 Å². The van der Waals surface area contributed by atoms with Crippen LogP contribution in [-0.2, 0) is 16.1 Å². The minimum atomic E-state index is -1.05. The maximum atomic E-state index is 12.3. The van der Waals surface area contributed by atoms with Crippen LogP contribution in [0.1, 0.15) is 21.7 Å². The average Bonchev–Trinajstić information content (AvgIpc) is 3.36. The number of carbonyl (C=O) groups excluding carboxylic acids is 2. The summed E-state index contributed by atoms with van der Waals surface area (Å²) in [5, 5.41) is 26.2. The molecule has 0 saturated carbocycles. The lowest BCUT2D eigenvalue weighted by atomic mass is 10.2. The monoisotopic (exact) mass is 451 g/mol. The van der Waals surface area contributed by atoms with E-state index in [-0.39, 0.29) is 28.3 Å². The molecule has 1 fully saturated rings. The number of nitro groups is 1. The number of carbonyl (C=O) groups is 3. The number of ether oxygens (including phenoxy) is 1. The van der Waals surface area contributed by atoms with Gasteiger partial charge in [0.25, 0.3) is 5.69 Å². The van der Waals surface area contributed by atoms with E-state index in [4.69, 9.17) is 9.84 Å². The van der Waals surface area contributed by atoms with Gasteiger partial charge < -0.3 is 20.5 Å². The SMILES string of the molecule is O=C(OCc1ccc([N+](=O)[O-])cc1)S[C@@H]1CN[C@H](C(=O)Nc2csc(C(=O)O)c2)C1. The summed E-state index contributed by atoms with van der Waals surface area (Å²) in [5.74, 6) is -1.35. The molecule has 2 atom stereocenters. The molecule has 0 bridgehead atoms.